The molecule has 2 aromatic carbocycles. The van der Waals surface area contributed by atoms with Crippen LogP contribution in [0.1, 0.15) is 24.0 Å². The van der Waals surface area contributed by atoms with Gasteiger partial charge in [-0.2, -0.15) is 0 Å². The first-order valence-corrected chi connectivity index (χ1v) is 7.85. The first-order chi connectivity index (χ1) is 11.1. The molecule has 0 heterocycles. The summed E-state index contributed by atoms with van der Waals surface area (Å²) in [6, 6.07) is 20.1. The number of aliphatic hydroxyl groups excluding tert-OH is 1. The number of nitrogens with zero attached hydrogens (tertiary/aromatic N) is 1. The van der Waals surface area contributed by atoms with E-state index in [4.69, 9.17) is 0 Å². The van der Waals surface area contributed by atoms with Gasteiger partial charge in [0, 0.05) is 26.1 Å². The third kappa shape index (κ3) is 5.11. The topological polar surface area (TPSA) is 52.6 Å². The van der Waals surface area contributed by atoms with Crippen LogP contribution < -0.4 is 5.32 Å². The summed E-state index contributed by atoms with van der Waals surface area (Å²) < 4.78 is 0. The van der Waals surface area contributed by atoms with Crippen LogP contribution in [0.3, 0.4) is 0 Å². The molecule has 2 N–H and O–H groups in total. The molecule has 122 valence electrons. The molecule has 2 aromatic rings. The zero-order chi connectivity index (χ0) is 16.7. The number of benzene rings is 2. The van der Waals surface area contributed by atoms with E-state index in [0.717, 1.165) is 11.1 Å². The summed E-state index contributed by atoms with van der Waals surface area (Å²) in [4.78, 5) is 13.6. The first kappa shape index (κ1) is 17.0. The Balaban J connectivity index is 2.09. The summed E-state index contributed by atoms with van der Waals surface area (Å²) in [6.07, 6.45) is -0.537. The summed E-state index contributed by atoms with van der Waals surface area (Å²) >= 11 is 0. The molecule has 2 rings (SSSR count). The highest BCUT2D eigenvalue weighted by Gasteiger charge is 2.17. The number of carbonyl (C=O) groups excluding carboxylic acids is 1. The van der Waals surface area contributed by atoms with Crippen LogP contribution in [0.25, 0.3) is 0 Å². The van der Waals surface area contributed by atoms with E-state index in [2.05, 4.69) is 29.6 Å². The number of hydrogen-bond acceptors (Lipinski definition) is 2. The van der Waals surface area contributed by atoms with Gasteiger partial charge in [-0.3, -0.25) is 0 Å². The van der Waals surface area contributed by atoms with Crippen molar-refractivity contribution < 1.29 is 9.90 Å². The molecular weight excluding hydrogens is 288 g/mol. The average Bonchev–Trinajstić information content (AvgIpc) is 2.56. The Morgan fingerprint density at radius 1 is 1.04 bits per heavy atom. The van der Waals surface area contributed by atoms with Crippen molar-refractivity contribution in [2.75, 3.05) is 20.1 Å². The molecule has 0 saturated heterocycles. The lowest BCUT2D eigenvalue weighted by molar-refractivity contribution is 0.144. The predicted octanol–water partition coefficient (Wildman–Crippen LogP) is 2.84. The highest BCUT2D eigenvalue weighted by atomic mass is 16.3. The summed E-state index contributed by atoms with van der Waals surface area (Å²) in [5, 5.41) is 12.3. The van der Waals surface area contributed by atoms with Gasteiger partial charge in [-0.05, 0) is 18.1 Å². The molecule has 0 aliphatic carbocycles. The number of nitrogens with one attached hydrogen (secondary N) is 1. The van der Waals surface area contributed by atoms with Crippen molar-refractivity contribution in [3.05, 3.63) is 71.8 Å². The van der Waals surface area contributed by atoms with E-state index in [-0.39, 0.29) is 11.9 Å². The molecule has 0 bridgehead atoms. The minimum absolute atomic E-state index is 0.0984. The highest BCUT2D eigenvalue weighted by molar-refractivity contribution is 5.74. The molecule has 4 heteroatoms. The van der Waals surface area contributed by atoms with Gasteiger partial charge in [0.25, 0.3) is 0 Å². The minimum Gasteiger partial charge on any atom is -0.392 e. The average molecular weight is 312 g/mol. The van der Waals surface area contributed by atoms with Crippen LogP contribution in [-0.4, -0.2) is 42.3 Å². The van der Waals surface area contributed by atoms with Crippen LogP contribution in [0, 0.1) is 0 Å². The molecule has 23 heavy (non-hydrogen) atoms. The zero-order valence-electron chi connectivity index (χ0n) is 13.6. The number of carbonyl (C=O) groups is 1. The SMILES string of the molecule is C[C@@H](O)CN(C)C(=O)NCC(c1ccccc1)c1ccccc1. The van der Waals surface area contributed by atoms with Gasteiger partial charge in [-0.1, -0.05) is 60.7 Å². The molecule has 0 unspecified atom stereocenters. The molecule has 0 aliphatic heterocycles. The predicted molar refractivity (Wildman–Crippen MR) is 92.4 cm³/mol. The Hall–Kier alpha value is -2.33. The van der Waals surface area contributed by atoms with Crippen LogP contribution in [0.15, 0.2) is 60.7 Å². The fourth-order valence-electron chi connectivity index (χ4n) is 2.60. The van der Waals surface area contributed by atoms with Crippen LogP contribution in [0.4, 0.5) is 4.79 Å². The lowest BCUT2D eigenvalue weighted by Crippen LogP contribution is -2.42. The Bertz CT molecular complexity index is 560. The molecule has 1 atom stereocenters. The van der Waals surface area contributed by atoms with Gasteiger partial charge in [0.05, 0.1) is 6.10 Å². The van der Waals surface area contributed by atoms with Crippen LogP contribution in [-0.2, 0) is 0 Å². The van der Waals surface area contributed by atoms with E-state index in [0.29, 0.717) is 13.1 Å². The number of aliphatic hydroxyl groups is 1. The maximum Gasteiger partial charge on any atom is 0.317 e. The Kier molecular flexibility index (Phi) is 6.18. The molecule has 0 aromatic heterocycles. The summed E-state index contributed by atoms with van der Waals surface area (Å²) in [6.45, 7) is 2.49. The quantitative estimate of drug-likeness (QED) is 0.862. The summed E-state index contributed by atoms with van der Waals surface area (Å²) in [7, 11) is 1.68. The van der Waals surface area contributed by atoms with E-state index >= 15 is 0 Å². The van der Waals surface area contributed by atoms with Crippen molar-refractivity contribution in [3.63, 3.8) is 0 Å². The summed E-state index contributed by atoms with van der Waals surface area (Å²) in [5.41, 5.74) is 2.33. The second-order valence-electron chi connectivity index (χ2n) is 5.79. The van der Waals surface area contributed by atoms with Gasteiger partial charge in [0.2, 0.25) is 0 Å². The Morgan fingerprint density at radius 3 is 1.96 bits per heavy atom. The van der Waals surface area contributed by atoms with Gasteiger partial charge in [-0.15, -0.1) is 0 Å². The third-order valence-corrected chi connectivity index (χ3v) is 3.75. The van der Waals surface area contributed by atoms with Gasteiger partial charge < -0.3 is 15.3 Å². The molecule has 0 radical (unpaired) electrons. The van der Waals surface area contributed by atoms with Gasteiger partial charge in [0.1, 0.15) is 0 Å². The molecule has 0 aliphatic rings. The number of urea groups is 1. The maximum atomic E-state index is 12.1. The first-order valence-electron chi connectivity index (χ1n) is 7.85. The minimum atomic E-state index is -0.537. The van der Waals surface area contributed by atoms with Crippen molar-refractivity contribution >= 4 is 6.03 Å². The van der Waals surface area contributed by atoms with Crippen LogP contribution in [0.5, 0.6) is 0 Å². The summed E-state index contributed by atoms with van der Waals surface area (Å²) in [5.74, 6) is 0.0984. The standard InChI is InChI=1S/C19H24N2O2/c1-15(22)14-21(2)19(23)20-13-18(16-9-5-3-6-10-16)17-11-7-4-8-12-17/h3-12,15,18,22H,13-14H2,1-2H3,(H,20,23)/t15-/m1/s1. The van der Waals surface area contributed by atoms with Crippen molar-refractivity contribution in [1.82, 2.24) is 10.2 Å². The lowest BCUT2D eigenvalue weighted by Gasteiger charge is -2.23. The number of amides is 2. The van der Waals surface area contributed by atoms with E-state index in [9.17, 15) is 9.90 Å². The zero-order valence-corrected chi connectivity index (χ0v) is 13.6. The second-order valence-corrected chi connectivity index (χ2v) is 5.79. The molecule has 0 spiro atoms. The smallest absolute Gasteiger partial charge is 0.317 e. The Labute approximate surface area is 137 Å². The van der Waals surface area contributed by atoms with E-state index in [1.54, 1.807) is 14.0 Å². The molecule has 0 fully saturated rings. The van der Waals surface area contributed by atoms with E-state index in [1.807, 2.05) is 36.4 Å². The Morgan fingerprint density at radius 2 is 1.52 bits per heavy atom. The lowest BCUT2D eigenvalue weighted by atomic mass is 9.91. The normalized spacial score (nSPS) is 12.0. The van der Waals surface area contributed by atoms with E-state index in [1.165, 1.54) is 4.90 Å². The fourth-order valence-corrected chi connectivity index (χ4v) is 2.60. The number of rotatable bonds is 6. The maximum absolute atomic E-state index is 12.1. The molecule has 0 saturated carbocycles. The second kappa shape index (κ2) is 8.34. The number of hydrogen-bond donors (Lipinski definition) is 2. The van der Waals surface area contributed by atoms with Crippen LogP contribution in [0.2, 0.25) is 0 Å². The van der Waals surface area contributed by atoms with Crippen molar-refractivity contribution in [3.8, 4) is 0 Å². The van der Waals surface area contributed by atoms with Gasteiger partial charge >= 0.3 is 6.03 Å². The van der Waals surface area contributed by atoms with Gasteiger partial charge in [-0.25, -0.2) is 4.79 Å². The van der Waals surface area contributed by atoms with Crippen molar-refractivity contribution in [1.29, 1.82) is 0 Å². The van der Waals surface area contributed by atoms with E-state index < -0.39 is 6.10 Å². The number of likely N-dealkylation sites (N-methyl/N-ethyl adjacent to an activating group) is 1. The van der Waals surface area contributed by atoms with Crippen LogP contribution >= 0.6 is 0 Å². The molecular formula is C19H24N2O2. The van der Waals surface area contributed by atoms with Crippen molar-refractivity contribution in [2.45, 2.75) is 18.9 Å². The highest BCUT2D eigenvalue weighted by Crippen LogP contribution is 2.23. The molecule has 2 amide bonds. The fraction of sp³-hybridized carbons (Fsp3) is 0.316. The third-order valence-electron chi connectivity index (χ3n) is 3.75. The van der Waals surface area contributed by atoms with Gasteiger partial charge in [0.15, 0.2) is 0 Å². The largest absolute Gasteiger partial charge is 0.392 e. The monoisotopic (exact) mass is 312 g/mol. The van der Waals surface area contributed by atoms with Crippen molar-refractivity contribution in [2.24, 2.45) is 0 Å². The molecule has 4 nitrogen and oxygen atoms in total.